The molecule has 0 aromatic carbocycles. The van der Waals surface area contributed by atoms with E-state index in [2.05, 4.69) is 0 Å². The molecule has 0 bridgehead atoms. The molecule has 0 aromatic rings. The topological polar surface area (TPSA) is 121 Å². The average Bonchev–Trinajstić information content (AvgIpc) is 3.16. The molecule has 0 aromatic heterocycles. The summed E-state index contributed by atoms with van der Waals surface area (Å²) in [6.45, 7) is -3.11. The molecule has 0 heterocycles. The Labute approximate surface area is 364 Å². The van der Waals surface area contributed by atoms with Crippen LogP contribution in [0.25, 0.3) is 0 Å². The molecule has 4 atom stereocenters. The van der Waals surface area contributed by atoms with Crippen molar-refractivity contribution in [3.8, 4) is 0 Å². The largest absolute Gasteiger partial charge is 0.460 e. The Kier molecular flexibility index (Phi) is 23.4. The normalized spacial score (nSPS) is 16.9. The summed E-state index contributed by atoms with van der Waals surface area (Å²) in [5.41, 5.74) is 0. The third-order valence-electron chi connectivity index (χ3n) is 8.15. The Morgan fingerprint density at radius 3 is 0.761 bits per heavy atom. The van der Waals surface area contributed by atoms with E-state index in [1.165, 1.54) is 0 Å². The third-order valence-corrected chi connectivity index (χ3v) is 11.0. The van der Waals surface area contributed by atoms with Crippen molar-refractivity contribution in [1.29, 1.82) is 0 Å². The number of halogens is 26. The molecule has 0 rings (SSSR count). The molecular weight excluding hydrogens is 1060 g/mol. The standard InChI is InChI=1S/C30H36F26O9S2/c31-19(32,21(35,36)23(39,40)25(43,44)27(47,48)29(51,52)53)1-11-66(59)15-17(57)13-64-9-7-62-5-3-61-4-6-63-8-10-65-14-18(58)16-67(60)12-2-20(33,34)22(37,38)24(41,42)26(45,46)28(49,50)30(54,55)56/h17-18,57-58H,1-16H2. The molecular formula is C30H36F26O9S2. The first-order valence-electron chi connectivity index (χ1n) is 17.6. The molecule has 0 spiro atoms. The van der Waals surface area contributed by atoms with E-state index in [9.17, 15) is 133 Å². The fourth-order valence-corrected chi connectivity index (χ4v) is 6.66. The van der Waals surface area contributed by atoms with Crippen LogP contribution in [-0.2, 0) is 45.3 Å². The average molecular weight is 1100 g/mol. The lowest BCUT2D eigenvalue weighted by atomic mass is 9.93. The SMILES string of the molecule is O=S(CCC(F)(F)C(F)(F)C(F)(F)C(F)(F)C(F)(F)C(F)(F)F)CC(O)COCCOCCOCCOCCOCC(O)CS(=O)CCC(F)(F)C(F)(F)C(F)(F)C(F)(F)C(F)(F)C(F)(F)F. The Bertz CT molecular complexity index is 1440. The lowest BCUT2D eigenvalue weighted by Gasteiger charge is -2.39. The second kappa shape index (κ2) is 24.1. The molecule has 0 fully saturated rings. The number of rotatable bonds is 34. The molecule has 0 saturated carbocycles. The van der Waals surface area contributed by atoms with Crippen molar-refractivity contribution < 1.29 is 156 Å². The number of aliphatic hydroxyl groups is 2. The van der Waals surface area contributed by atoms with Crippen LogP contribution in [0.5, 0.6) is 0 Å². The number of hydrogen-bond donors (Lipinski definition) is 2. The van der Waals surface area contributed by atoms with Crippen molar-refractivity contribution in [2.75, 3.05) is 89.1 Å². The molecule has 37 heteroatoms. The van der Waals surface area contributed by atoms with Crippen LogP contribution in [-0.4, -0.2) is 191 Å². The van der Waals surface area contributed by atoms with Gasteiger partial charge in [0.2, 0.25) is 0 Å². The van der Waals surface area contributed by atoms with E-state index in [0.29, 0.717) is 0 Å². The highest BCUT2D eigenvalue weighted by Crippen LogP contribution is 2.62. The minimum absolute atomic E-state index is 0.102. The molecule has 9 nitrogen and oxygen atoms in total. The van der Waals surface area contributed by atoms with E-state index in [-0.39, 0.29) is 52.9 Å². The number of aliphatic hydroxyl groups excluding tert-OH is 2. The molecule has 0 aliphatic rings. The van der Waals surface area contributed by atoms with Gasteiger partial charge in [0.25, 0.3) is 0 Å². The van der Waals surface area contributed by atoms with Gasteiger partial charge in [-0.05, 0) is 0 Å². The molecule has 0 amide bonds. The van der Waals surface area contributed by atoms with Gasteiger partial charge >= 0.3 is 71.6 Å². The fraction of sp³-hybridized carbons (Fsp3) is 1.00. The summed E-state index contributed by atoms with van der Waals surface area (Å²) in [7, 11) is -5.67. The molecule has 4 unspecified atom stereocenters. The Balaban J connectivity index is 4.36. The molecule has 0 saturated heterocycles. The first kappa shape index (κ1) is 65.2. The van der Waals surface area contributed by atoms with Gasteiger partial charge in [0, 0.05) is 45.9 Å². The highest BCUT2D eigenvalue weighted by atomic mass is 32.2. The van der Waals surface area contributed by atoms with E-state index < -0.39 is 154 Å². The van der Waals surface area contributed by atoms with Crippen LogP contribution in [0, 0.1) is 0 Å². The van der Waals surface area contributed by atoms with Gasteiger partial charge < -0.3 is 33.9 Å². The number of alkyl halides is 26. The zero-order chi connectivity index (χ0) is 53.2. The van der Waals surface area contributed by atoms with Crippen molar-refractivity contribution in [2.24, 2.45) is 0 Å². The smallest absolute Gasteiger partial charge is 0.390 e. The van der Waals surface area contributed by atoms with Crippen molar-refractivity contribution >= 4 is 21.6 Å². The lowest BCUT2D eigenvalue weighted by molar-refractivity contribution is -0.439. The van der Waals surface area contributed by atoms with Crippen LogP contribution >= 0.6 is 0 Å². The minimum Gasteiger partial charge on any atom is -0.390 e. The summed E-state index contributed by atoms with van der Waals surface area (Å²) < 4.78 is 391. The van der Waals surface area contributed by atoms with Crippen LogP contribution in [0.4, 0.5) is 114 Å². The first-order valence-corrected chi connectivity index (χ1v) is 20.6. The van der Waals surface area contributed by atoms with Crippen molar-refractivity contribution in [3.63, 3.8) is 0 Å². The summed E-state index contributed by atoms with van der Waals surface area (Å²) >= 11 is 0. The van der Waals surface area contributed by atoms with Gasteiger partial charge in [-0.25, -0.2) is 0 Å². The zero-order valence-corrected chi connectivity index (χ0v) is 34.5. The molecule has 0 aliphatic carbocycles. The second-order valence-electron chi connectivity index (χ2n) is 13.4. The van der Waals surface area contributed by atoms with Crippen molar-refractivity contribution in [3.05, 3.63) is 0 Å². The first-order chi connectivity index (χ1) is 29.8. The maximum Gasteiger partial charge on any atom is 0.460 e. The monoisotopic (exact) mass is 1100 g/mol. The van der Waals surface area contributed by atoms with E-state index >= 15 is 0 Å². The summed E-state index contributed by atoms with van der Waals surface area (Å²) in [6, 6.07) is 0. The summed E-state index contributed by atoms with van der Waals surface area (Å²) in [5.74, 6) is -81.7. The van der Waals surface area contributed by atoms with E-state index in [0.717, 1.165) is 0 Å². The predicted octanol–water partition coefficient (Wildman–Crippen LogP) is 7.55. The van der Waals surface area contributed by atoms with Crippen LogP contribution in [0.2, 0.25) is 0 Å². The van der Waals surface area contributed by atoms with Crippen molar-refractivity contribution in [2.45, 2.75) is 96.6 Å². The predicted molar refractivity (Wildman–Crippen MR) is 173 cm³/mol. The van der Waals surface area contributed by atoms with Crippen LogP contribution in [0.15, 0.2) is 0 Å². The maximum absolute atomic E-state index is 13.9. The second-order valence-corrected chi connectivity index (χ2v) is 16.7. The van der Waals surface area contributed by atoms with Gasteiger partial charge in [0.15, 0.2) is 0 Å². The van der Waals surface area contributed by atoms with Gasteiger partial charge in [0.05, 0.1) is 89.8 Å². The number of ether oxygens (including phenoxy) is 5. The minimum atomic E-state index is -8.08. The van der Waals surface area contributed by atoms with Crippen LogP contribution < -0.4 is 0 Å². The highest BCUT2D eigenvalue weighted by molar-refractivity contribution is 7.85. The Morgan fingerprint density at radius 2 is 0.537 bits per heavy atom. The van der Waals surface area contributed by atoms with Gasteiger partial charge in [-0.1, -0.05) is 0 Å². The van der Waals surface area contributed by atoms with Gasteiger partial charge in [-0.3, -0.25) is 8.42 Å². The molecule has 404 valence electrons. The van der Waals surface area contributed by atoms with Gasteiger partial charge in [-0.2, -0.15) is 114 Å². The lowest BCUT2D eigenvalue weighted by Crippen LogP contribution is -2.70. The maximum atomic E-state index is 13.9. The van der Waals surface area contributed by atoms with Gasteiger partial charge in [-0.15, -0.1) is 0 Å². The fourth-order valence-electron chi connectivity index (χ4n) is 4.31. The number of hydrogen-bond acceptors (Lipinski definition) is 9. The highest BCUT2D eigenvalue weighted by Gasteiger charge is 2.92. The third kappa shape index (κ3) is 15.6. The van der Waals surface area contributed by atoms with E-state index in [1.54, 1.807) is 0 Å². The quantitative estimate of drug-likeness (QED) is 0.0498. The zero-order valence-electron chi connectivity index (χ0n) is 32.9. The molecule has 2 N–H and O–H groups in total. The van der Waals surface area contributed by atoms with Gasteiger partial charge in [0.1, 0.15) is 0 Å². The van der Waals surface area contributed by atoms with E-state index in [1.807, 2.05) is 0 Å². The van der Waals surface area contributed by atoms with Crippen LogP contribution in [0.1, 0.15) is 12.8 Å². The molecule has 0 radical (unpaired) electrons. The summed E-state index contributed by atoms with van der Waals surface area (Å²) in [6.07, 6.45) is -24.3. The van der Waals surface area contributed by atoms with Crippen molar-refractivity contribution in [1.82, 2.24) is 0 Å². The van der Waals surface area contributed by atoms with E-state index in [4.69, 9.17) is 23.7 Å². The molecule has 67 heavy (non-hydrogen) atoms. The molecule has 0 aliphatic heterocycles. The Hall–Kier alpha value is -1.80. The Morgan fingerprint density at radius 1 is 0.328 bits per heavy atom. The van der Waals surface area contributed by atoms with Crippen LogP contribution in [0.3, 0.4) is 0 Å². The summed E-state index contributed by atoms with van der Waals surface area (Å²) in [4.78, 5) is 0. The summed E-state index contributed by atoms with van der Waals surface area (Å²) in [5, 5.41) is 19.4.